The molecule has 1 saturated heterocycles. The third-order valence-electron chi connectivity index (χ3n) is 5.99. The second-order valence-electron chi connectivity index (χ2n) is 7.85. The first kappa shape index (κ1) is 19.1. The summed E-state index contributed by atoms with van der Waals surface area (Å²) in [5, 5.41) is 0. The highest BCUT2D eigenvalue weighted by Crippen LogP contribution is 2.44. The minimum absolute atomic E-state index is 0.155. The van der Waals surface area contributed by atoms with Crippen molar-refractivity contribution in [2.24, 2.45) is 5.92 Å². The second kappa shape index (κ2) is 7.30. The SMILES string of the molecule is C=CC1=Cc2cc(C)ccc2C(C2CCN(S(C)(=O)=O)CC2)c2ncccc21. The van der Waals surface area contributed by atoms with Gasteiger partial charge in [0.05, 0.1) is 11.9 Å². The molecule has 4 nitrogen and oxygen atoms in total. The van der Waals surface area contributed by atoms with Crippen LogP contribution in [0.4, 0.5) is 0 Å². The van der Waals surface area contributed by atoms with Gasteiger partial charge in [0.1, 0.15) is 0 Å². The number of nitrogens with zero attached hydrogens (tertiary/aromatic N) is 2. The number of hydrogen-bond donors (Lipinski definition) is 0. The predicted octanol–water partition coefficient (Wildman–Crippen LogP) is 4.23. The smallest absolute Gasteiger partial charge is 0.211 e. The molecule has 2 aliphatic rings. The Morgan fingerprint density at radius 1 is 1.21 bits per heavy atom. The molecule has 1 aliphatic carbocycles. The number of pyridine rings is 1. The van der Waals surface area contributed by atoms with Crippen molar-refractivity contribution in [3.8, 4) is 0 Å². The van der Waals surface area contributed by atoms with Crippen molar-refractivity contribution in [3.63, 3.8) is 0 Å². The highest BCUT2D eigenvalue weighted by molar-refractivity contribution is 7.88. The average Bonchev–Trinajstić information content (AvgIpc) is 2.81. The monoisotopic (exact) mass is 394 g/mol. The maximum atomic E-state index is 11.9. The summed E-state index contributed by atoms with van der Waals surface area (Å²) in [5.74, 6) is 0.507. The third-order valence-corrected chi connectivity index (χ3v) is 7.29. The minimum Gasteiger partial charge on any atom is -0.260 e. The molecule has 5 heteroatoms. The molecular weight excluding hydrogens is 368 g/mol. The average molecular weight is 395 g/mol. The molecule has 146 valence electrons. The molecule has 0 amide bonds. The molecule has 4 rings (SSSR count). The molecule has 0 bridgehead atoms. The van der Waals surface area contributed by atoms with Gasteiger partial charge in [0.15, 0.2) is 0 Å². The molecule has 28 heavy (non-hydrogen) atoms. The first-order valence-corrected chi connectivity index (χ1v) is 11.6. The van der Waals surface area contributed by atoms with E-state index in [9.17, 15) is 8.42 Å². The Balaban J connectivity index is 1.81. The minimum atomic E-state index is -3.13. The summed E-state index contributed by atoms with van der Waals surface area (Å²) in [6.07, 6.45) is 8.95. The fourth-order valence-corrected chi connectivity index (χ4v) is 5.47. The maximum absolute atomic E-state index is 11.9. The van der Waals surface area contributed by atoms with Crippen LogP contribution in [0, 0.1) is 12.8 Å². The van der Waals surface area contributed by atoms with Crippen molar-refractivity contribution in [3.05, 3.63) is 77.1 Å². The highest BCUT2D eigenvalue weighted by Gasteiger charge is 2.35. The molecule has 1 fully saturated rings. The fraction of sp³-hybridized carbons (Fsp3) is 0.348. The van der Waals surface area contributed by atoms with Crippen LogP contribution in [0.15, 0.2) is 49.2 Å². The fourth-order valence-electron chi connectivity index (χ4n) is 4.59. The Kier molecular flexibility index (Phi) is 4.98. The highest BCUT2D eigenvalue weighted by atomic mass is 32.2. The van der Waals surface area contributed by atoms with Crippen LogP contribution in [-0.2, 0) is 10.0 Å². The topological polar surface area (TPSA) is 50.3 Å². The second-order valence-corrected chi connectivity index (χ2v) is 9.83. The van der Waals surface area contributed by atoms with Gasteiger partial charge in [0, 0.05) is 30.8 Å². The lowest BCUT2D eigenvalue weighted by molar-refractivity contribution is 0.256. The van der Waals surface area contributed by atoms with Gasteiger partial charge in [0.2, 0.25) is 10.0 Å². The zero-order chi connectivity index (χ0) is 19.9. The van der Waals surface area contributed by atoms with Crippen LogP contribution >= 0.6 is 0 Å². The van der Waals surface area contributed by atoms with Gasteiger partial charge >= 0.3 is 0 Å². The van der Waals surface area contributed by atoms with Gasteiger partial charge in [-0.3, -0.25) is 4.98 Å². The largest absolute Gasteiger partial charge is 0.260 e. The van der Waals surface area contributed by atoms with Gasteiger partial charge in [-0.25, -0.2) is 12.7 Å². The van der Waals surface area contributed by atoms with Crippen molar-refractivity contribution in [2.75, 3.05) is 19.3 Å². The van der Waals surface area contributed by atoms with E-state index in [1.165, 1.54) is 22.9 Å². The van der Waals surface area contributed by atoms with Crippen LogP contribution in [0.2, 0.25) is 0 Å². The number of piperidine rings is 1. The van der Waals surface area contributed by atoms with E-state index < -0.39 is 10.0 Å². The first-order chi connectivity index (χ1) is 13.4. The van der Waals surface area contributed by atoms with E-state index in [0.717, 1.165) is 29.7 Å². The van der Waals surface area contributed by atoms with Gasteiger partial charge in [-0.05, 0) is 54.5 Å². The van der Waals surface area contributed by atoms with Crippen LogP contribution in [-0.4, -0.2) is 37.1 Å². The van der Waals surface area contributed by atoms with E-state index in [1.54, 1.807) is 4.31 Å². The summed E-state index contributed by atoms with van der Waals surface area (Å²) < 4.78 is 25.5. The maximum Gasteiger partial charge on any atom is 0.211 e. The van der Waals surface area contributed by atoms with E-state index >= 15 is 0 Å². The Labute approximate surface area is 167 Å². The summed E-state index contributed by atoms with van der Waals surface area (Å²) in [5.41, 5.74) is 7.01. The van der Waals surface area contributed by atoms with Crippen molar-refractivity contribution < 1.29 is 8.42 Å². The molecule has 0 N–H and O–H groups in total. The number of sulfonamides is 1. The number of allylic oxidation sites excluding steroid dienone is 2. The van der Waals surface area contributed by atoms with Gasteiger partial charge in [-0.2, -0.15) is 0 Å². The number of hydrogen-bond acceptors (Lipinski definition) is 3. The molecule has 1 aromatic carbocycles. The standard InChI is InChI=1S/C23H26N2O2S/c1-4-17-15-19-14-16(2)7-8-20(19)22(23-21(17)6-5-11-24-23)18-9-12-25(13-10-18)28(3,26)27/h4-8,11,14-15,18,22H,1,9-10,12-13H2,2-3H3. The zero-order valence-electron chi connectivity index (χ0n) is 16.4. The lowest BCUT2D eigenvalue weighted by Crippen LogP contribution is -2.39. The summed E-state index contributed by atoms with van der Waals surface area (Å²) >= 11 is 0. The molecule has 0 saturated carbocycles. The van der Waals surface area contributed by atoms with E-state index in [-0.39, 0.29) is 5.92 Å². The van der Waals surface area contributed by atoms with Crippen molar-refractivity contribution in [1.29, 1.82) is 0 Å². The summed E-state index contributed by atoms with van der Waals surface area (Å²) in [6.45, 7) is 7.28. The molecular formula is C23H26N2O2S. The van der Waals surface area contributed by atoms with Crippen LogP contribution in [0.5, 0.6) is 0 Å². The molecule has 2 heterocycles. The molecule has 1 unspecified atom stereocenters. The van der Waals surface area contributed by atoms with Gasteiger partial charge < -0.3 is 0 Å². The lowest BCUT2D eigenvalue weighted by Gasteiger charge is -2.35. The predicted molar refractivity (Wildman–Crippen MR) is 114 cm³/mol. The van der Waals surface area contributed by atoms with Crippen LogP contribution < -0.4 is 0 Å². The lowest BCUT2D eigenvalue weighted by atomic mass is 9.76. The Bertz CT molecular complexity index is 1050. The molecule has 2 aromatic rings. The number of aromatic nitrogens is 1. The van der Waals surface area contributed by atoms with Crippen molar-refractivity contribution in [1.82, 2.24) is 9.29 Å². The molecule has 0 radical (unpaired) electrons. The van der Waals surface area contributed by atoms with E-state index in [4.69, 9.17) is 4.98 Å². The van der Waals surface area contributed by atoms with Gasteiger partial charge in [-0.15, -0.1) is 0 Å². The summed E-state index contributed by atoms with van der Waals surface area (Å²) in [6, 6.07) is 10.7. The summed E-state index contributed by atoms with van der Waals surface area (Å²) in [7, 11) is -3.13. The number of fused-ring (bicyclic) bond motifs is 2. The normalized spacial score (nSPS) is 20.6. The summed E-state index contributed by atoms with van der Waals surface area (Å²) in [4.78, 5) is 4.80. The molecule has 1 aliphatic heterocycles. The van der Waals surface area contributed by atoms with Gasteiger partial charge in [0.25, 0.3) is 0 Å². The Morgan fingerprint density at radius 2 is 1.96 bits per heavy atom. The van der Waals surface area contributed by atoms with Crippen LogP contribution in [0.3, 0.4) is 0 Å². The van der Waals surface area contributed by atoms with E-state index in [1.807, 2.05) is 18.3 Å². The van der Waals surface area contributed by atoms with Crippen LogP contribution in [0.25, 0.3) is 11.6 Å². The van der Waals surface area contributed by atoms with E-state index in [2.05, 4.69) is 43.8 Å². The van der Waals surface area contributed by atoms with Gasteiger partial charge in [-0.1, -0.05) is 42.5 Å². The molecule has 1 atom stereocenters. The molecule has 1 aromatic heterocycles. The first-order valence-electron chi connectivity index (χ1n) is 9.73. The van der Waals surface area contributed by atoms with Crippen molar-refractivity contribution in [2.45, 2.75) is 25.7 Å². The quantitative estimate of drug-likeness (QED) is 0.783. The van der Waals surface area contributed by atoms with Crippen molar-refractivity contribution >= 4 is 21.7 Å². The Hall–Kier alpha value is -2.24. The third kappa shape index (κ3) is 3.45. The molecule has 0 spiro atoms. The van der Waals surface area contributed by atoms with Crippen LogP contribution in [0.1, 0.15) is 46.7 Å². The number of aryl methyl sites for hydroxylation is 1. The van der Waals surface area contributed by atoms with E-state index in [0.29, 0.717) is 19.0 Å². The number of benzene rings is 1. The Morgan fingerprint density at radius 3 is 2.64 bits per heavy atom. The zero-order valence-corrected chi connectivity index (χ0v) is 17.2. The number of rotatable bonds is 3.